The highest BCUT2D eigenvalue weighted by atomic mass is 16.5. The molecule has 29 heavy (non-hydrogen) atoms. The van der Waals surface area contributed by atoms with Crippen LogP contribution >= 0.6 is 0 Å². The van der Waals surface area contributed by atoms with Gasteiger partial charge in [-0.3, -0.25) is 10.0 Å². The summed E-state index contributed by atoms with van der Waals surface area (Å²) in [5, 5.41) is 9.88. The van der Waals surface area contributed by atoms with Gasteiger partial charge in [0.25, 0.3) is 5.91 Å². The van der Waals surface area contributed by atoms with Crippen LogP contribution in [0.1, 0.15) is 21.6 Å². The normalized spacial score (nSPS) is 13.3. The first-order valence-electron chi connectivity index (χ1n) is 9.13. The molecule has 0 bridgehead atoms. The number of nitrogens with one attached hydrogen (secondary N) is 2. The third kappa shape index (κ3) is 3.07. The number of H-pyrrole nitrogens is 1. The van der Waals surface area contributed by atoms with Crippen LogP contribution in [-0.4, -0.2) is 42.6 Å². The van der Waals surface area contributed by atoms with Crippen molar-refractivity contribution in [1.82, 2.24) is 30.4 Å². The Morgan fingerprint density at radius 2 is 1.90 bits per heavy atom. The van der Waals surface area contributed by atoms with Gasteiger partial charge in [-0.15, -0.1) is 0 Å². The number of fused-ring (bicyclic) bond motifs is 3. The Bertz CT molecular complexity index is 1190. The van der Waals surface area contributed by atoms with Crippen molar-refractivity contribution in [3.05, 3.63) is 66.1 Å². The first-order valence-corrected chi connectivity index (χ1v) is 9.13. The molecule has 9 heteroatoms. The maximum Gasteiger partial charge on any atom is 0.277 e. The van der Waals surface area contributed by atoms with Crippen molar-refractivity contribution in [3.8, 4) is 11.1 Å². The molecule has 144 valence electrons. The highest BCUT2D eigenvalue weighted by Crippen LogP contribution is 2.32. The molecule has 1 aromatic carbocycles. The van der Waals surface area contributed by atoms with Crippen molar-refractivity contribution in [3.63, 3.8) is 0 Å². The van der Waals surface area contributed by atoms with E-state index in [0.29, 0.717) is 12.5 Å². The molecule has 1 aliphatic rings. The summed E-state index contributed by atoms with van der Waals surface area (Å²) in [6, 6.07) is 6.30. The summed E-state index contributed by atoms with van der Waals surface area (Å²) in [7, 11) is 0. The van der Waals surface area contributed by atoms with Crippen LogP contribution < -0.4 is 10.4 Å². The second-order valence-corrected chi connectivity index (χ2v) is 6.85. The van der Waals surface area contributed by atoms with Crippen LogP contribution in [0.2, 0.25) is 0 Å². The van der Waals surface area contributed by atoms with Crippen LogP contribution in [0.3, 0.4) is 0 Å². The quantitative estimate of drug-likeness (QED) is 0.364. The lowest BCUT2D eigenvalue weighted by Gasteiger charge is -2.27. The van der Waals surface area contributed by atoms with Crippen molar-refractivity contribution in [2.24, 2.45) is 0 Å². The molecule has 0 aliphatic carbocycles. The molecule has 9 nitrogen and oxygen atoms in total. The van der Waals surface area contributed by atoms with Crippen LogP contribution in [0.25, 0.3) is 22.0 Å². The summed E-state index contributed by atoms with van der Waals surface area (Å²) in [5.74, 6) is -0.0846. The van der Waals surface area contributed by atoms with E-state index < -0.39 is 5.91 Å². The zero-order valence-electron chi connectivity index (χ0n) is 15.3. The SMILES string of the molecule is O=C(NO)c1cnc(N2CCc3[nH]c4ccc(-c5cncnc5)cc4c3C2)nc1. The number of aromatic amines is 1. The van der Waals surface area contributed by atoms with E-state index in [-0.39, 0.29) is 5.56 Å². The fraction of sp³-hybridized carbons (Fsp3) is 0.150. The van der Waals surface area contributed by atoms with Gasteiger partial charge in [0.05, 0.1) is 5.56 Å². The number of rotatable bonds is 3. The summed E-state index contributed by atoms with van der Waals surface area (Å²) in [6.45, 7) is 1.43. The molecule has 3 N–H and O–H groups in total. The fourth-order valence-corrected chi connectivity index (χ4v) is 3.68. The fourth-order valence-electron chi connectivity index (χ4n) is 3.68. The Morgan fingerprint density at radius 3 is 2.66 bits per heavy atom. The Kier molecular flexibility index (Phi) is 4.14. The third-order valence-electron chi connectivity index (χ3n) is 5.15. The molecule has 4 heterocycles. The molecule has 0 radical (unpaired) electrons. The van der Waals surface area contributed by atoms with Crippen LogP contribution in [0.15, 0.2) is 49.3 Å². The molecule has 0 fully saturated rings. The molecule has 4 aromatic rings. The number of hydroxylamine groups is 1. The van der Waals surface area contributed by atoms with E-state index >= 15 is 0 Å². The van der Waals surface area contributed by atoms with E-state index in [1.165, 1.54) is 30.0 Å². The Hall–Kier alpha value is -3.85. The van der Waals surface area contributed by atoms with Crippen molar-refractivity contribution in [1.29, 1.82) is 0 Å². The second kappa shape index (κ2) is 6.95. The molecule has 0 spiro atoms. The molecule has 0 atom stereocenters. The van der Waals surface area contributed by atoms with Gasteiger partial charge in [-0.2, -0.15) is 0 Å². The predicted octanol–water partition coefficient (Wildman–Crippen LogP) is 2.10. The highest BCUT2D eigenvalue weighted by Gasteiger charge is 2.23. The minimum Gasteiger partial charge on any atom is -0.358 e. The van der Waals surface area contributed by atoms with Gasteiger partial charge in [0.15, 0.2) is 0 Å². The number of hydrogen-bond acceptors (Lipinski definition) is 7. The lowest BCUT2D eigenvalue weighted by Crippen LogP contribution is -2.31. The van der Waals surface area contributed by atoms with E-state index in [1.54, 1.807) is 17.9 Å². The standard InChI is InChI=1S/C20H17N7O2/c28-19(26-29)14-8-23-20(24-9-14)27-4-3-18-16(10-27)15-5-12(1-2-17(15)25-18)13-6-21-11-22-7-13/h1-2,5-9,11,25,29H,3-4,10H2,(H,26,28). The summed E-state index contributed by atoms with van der Waals surface area (Å²) < 4.78 is 0. The van der Waals surface area contributed by atoms with Gasteiger partial charge < -0.3 is 9.88 Å². The molecule has 0 saturated carbocycles. The second-order valence-electron chi connectivity index (χ2n) is 6.85. The van der Waals surface area contributed by atoms with Crippen LogP contribution in [0.4, 0.5) is 5.95 Å². The molecule has 3 aromatic heterocycles. The molecule has 0 saturated heterocycles. The minimum absolute atomic E-state index is 0.204. The van der Waals surface area contributed by atoms with Crippen LogP contribution in [0, 0.1) is 0 Å². The van der Waals surface area contributed by atoms with Crippen molar-refractivity contribution < 1.29 is 10.0 Å². The van der Waals surface area contributed by atoms with Gasteiger partial charge in [0.1, 0.15) is 6.33 Å². The number of carbonyl (C=O) groups excluding carboxylic acids is 1. The van der Waals surface area contributed by atoms with E-state index in [1.807, 2.05) is 0 Å². The van der Waals surface area contributed by atoms with Crippen molar-refractivity contribution in [2.75, 3.05) is 11.4 Å². The highest BCUT2D eigenvalue weighted by molar-refractivity contribution is 5.92. The van der Waals surface area contributed by atoms with Crippen molar-refractivity contribution in [2.45, 2.75) is 13.0 Å². The average Bonchev–Trinajstić information content (AvgIpc) is 3.16. The van der Waals surface area contributed by atoms with Crippen LogP contribution in [0.5, 0.6) is 0 Å². The van der Waals surface area contributed by atoms with Gasteiger partial charge in [-0.25, -0.2) is 25.4 Å². The lowest BCUT2D eigenvalue weighted by atomic mass is 10.0. The van der Waals surface area contributed by atoms with Crippen molar-refractivity contribution >= 4 is 22.8 Å². The van der Waals surface area contributed by atoms with E-state index in [2.05, 4.69) is 48.0 Å². The zero-order valence-corrected chi connectivity index (χ0v) is 15.3. The number of aromatic nitrogens is 5. The minimum atomic E-state index is -0.633. The number of nitrogens with zero attached hydrogens (tertiary/aromatic N) is 5. The zero-order chi connectivity index (χ0) is 19.8. The van der Waals surface area contributed by atoms with Crippen LogP contribution in [-0.2, 0) is 13.0 Å². The number of benzene rings is 1. The smallest absolute Gasteiger partial charge is 0.277 e. The number of amides is 1. The van der Waals surface area contributed by atoms with Gasteiger partial charge in [0, 0.05) is 72.0 Å². The largest absolute Gasteiger partial charge is 0.358 e. The van der Waals surface area contributed by atoms with E-state index in [4.69, 9.17) is 5.21 Å². The number of hydrogen-bond donors (Lipinski definition) is 3. The molecule has 0 unspecified atom stereocenters. The topological polar surface area (TPSA) is 120 Å². The molecule has 5 rings (SSSR count). The summed E-state index contributed by atoms with van der Waals surface area (Å²) in [5.41, 5.74) is 7.34. The number of carbonyl (C=O) groups is 1. The first-order chi connectivity index (χ1) is 14.2. The maximum atomic E-state index is 11.5. The predicted molar refractivity (Wildman–Crippen MR) is 105 cm³/mol. The molecular formula is C20H17N7O2. The van der Waals surface area contributed by atoms with Gasteiger partial charge >= 0.3 is 0 Å². The lowest BCUT2D eigenvalue weighted by molar-refractivity contribution is 0.0705. The number of anilines is 1. The third-order valence-corrected chi connectivity index (χ3v) is 5.15. The maximum absolute atomic E-state index is 11.5. The summed E-state index contributed by atoms with van der Waals surface area (Å²) in [4.78, 5) is 33.8. The van der Waals surface area contributed by atoms with Gasteiger partial charge in [0.2, 0.25) is 5.95 Å². The van der Waals surface area contributed by atoms with Gasteiger partial charge in [-0.05, 0) is 17.7 Å². The Balaban J connectivity index is 1.48. The summed E-state index contributed by atoms with van der Waals surface area (Å²) >= 11 is 0. The van der Waals surface area contributed by atoms with E-state index in [0.717, 1.165) is 35.0 Å². The first kappa shape index (κ1) is 17.3. The van der Waals surface area contributed by atoms with Gasteiger partial charge in [-0.1, -0.05) is 6.07 Å². The molecular weight excluding hydrogens is 370 g/mol. The Morgan fingerprint density at radius 1 is 1.10 bits per heavy atom. The molecule has 1 aliphatic heterocycles. The van der Waals surface area contributed by atoms with E-state index in [9.17, 15) is 4.79 Å². The Labute approximate surface area is 165 Å². The monoisotopic (exact) mass is 387 g/mol. The average molecular weight is 387 g/mol. The summed E-state index contributed by atoms with van der Waals surface area (Å²) in [6.07, 6.45) is 8.79. The molecule has 1 amide bonds.